The molecule has 2 rings (SSSR count). The molecule has 1 amide bonds. The molecule has 17 heavy (non-hydrogen) atoms. The van der Waals surface area contributed by atoms with Crippen LogP contribution in [0, 0.1) is 0 Å². The SMILES string of the molecule is CC(C)Oc1c(OC2CC2)ccnc1C(N)=O. The third kappa shape index (κ3) is 2.87. The quantitative estimate of drug-likeness (QED) is 0.840. The maximum atomic E-state index is 11.3. The molecule has 1 aromatic rings. The molecule has 1 heterocycles. The molecule has 0 aliphatic heterocycles. The van der Waals surface area contributed by atoms with Gasteiger partial charge in [0, 0.05) is 12.3 Å². The van der Waals surface area contributed by atoms with Gasteiger partial charge in [0.15, 0.2) is 17.2 Å². The van der Waals surface area contributed by atoms with Crippen LogP contribution in [0.15, 0.2) is 12.3 Å². The average molecular weight is 236 g/mol. The number of ether oxygens (including phenoxy) is 2. The average Bonchev–Trinajstić information content (AvgIpc) is 3.03. The van der Waals surface area contributed by atoms with Crippen LogP contribution in [0.2, 0.25) is 0 Å². The van der Waals surface area contributed by atoms with Crippen molar-refractivity contribution in [2.24, 2.45) is 5.73 Å². The summed E-state index contributed by atoms with van der Waals surface area (Å²) in [5.74, 6) is 0.286. The van der Waals surface area contributed by atoms with Crippen molar-refractivity contribution in [2.45, 2.75) is 38.9 Å². The van der Waals surface area contributed by atoms with Crippen LogP contribution in [0.4, 0.5) is 0 Å². The summed E-state index contributed by atoms with van der Waals surface area (Å²) in [6.07, 6.45) is 3.74. The fraction of sp³-hybridized carbons (Fsp3) is 0.500. The van der Waals surface area contributed by atoms with Crippen molar-refractivity contribution in [2.75, 3.05) is 0 Å². The summed E-state index contributed by atoms with van der Waals surface area (Å²) in [4.78, 5) is 15.2. The highest BCUT2D eigenvalue weighted by Crippen LogP contribution is 2.35. The molecule has 1 aliphatic carbocycles. The van der Waals surface area contributed by atoms with E-state index in [0.717, 1.165) is 12.8 Å². The van der Waals surface area contributed by atoms with Crippen LogP contribution in [0.3, 0.4) is 0 Å². The number of hydrogen-bond donors (Lipinski definition) is 1. The largest absolute Gasteiger partial charge is 0.486 e. The lowest BCUT2D eigenvalue weighted by Crippen LogP contribution is -2.18. The van der Waals surface area contributed by atoms with Crippen LogP contribution in [-0.2, 0) is 0 Å². The monoisotopic (exact) mass is 236 g/mol. The van der Waals surface area contributed by atoms with Gasteiger partial charge in [0.1, 0.15) is 0 Å². The molecule has 2 N–H and O–H groups in total. The number of rotatable bonds is 5. The molecular weight excluding hydrogens is 220 g/mol. The molecular formula is C12H16N2O3. The van der Waals surface area contributed by atoms with Crippen molar-refractivity contribution in [1.82, 2.24) is 4.98 Å². The summed E-state index contributed by atoms with van der Waals surface area (Å²) in [5, 5.41) is 0. The molecule has 0 saturated heterocycles. The first-order valence-electron chi connectivity index (χ1n) is 5.70. The molecule has 1 fully saturated rings. The molecule has 0 aromatic carbocycles. The first-order chi connectivity index (χ1) is 8.08. The maximum absolute atomic E-state index is 11.3. The number of pyridine rings is 1. The molecule has 0 spiro atoms. The Labute approximate surface area is 99.9 Å². The number of nitrogens with two attached hydrogens (primary N) is 1. The standard InChI is InChI=1S/C12H16N2O3/c1-7(2)16-11-9(17-8-3-4-8)5-6-14-10(11)12(13)15/h5-8H,3-4H2,1-2H3,(H2,13,15). The second-order valence-electron chi connectivity index (χ2n) is 4.33. The van der Waals surface area contributed by atoms with Gasteiger partial charge in [-0.3, -0.25) is 4.79 Å². The van der Waals surface area contributed by atoms with E-state index in [4.69, 9.17) is 15.2 Å². The topological polar surface area (TPSA) is 74.4 Å². The summed E-state index contributed by atoms with van der Waals surface area (Å²) in [6, 6.07) is 1.70. The van der Waals surface area contributed by atoms with Gasteiger partial charge in [-0.25, -0.2) is 4.98 Å². The van der Waals surface area contributed by atoms with Gasteiger partial charge >= 0.3 is 0 Å². The third-order valence-corrected chi connectivity index (χ3v) is 2.27. The van der Waals surface area contributed by atoms with Crippen LogP contribution in [-0.4, -0.2) is 23.1 Å². The van der Waals surface area contributed by atoms with Crippen molar-refractivity contribution >= 4 is 5.91 Å². The Kier molecular flexibility index (Phi) is 3.17. The highest BCUT2D eigenvalue weighted by Gasteiger charge is 2.27. The molecule has 5 nitrogen and oxygen atoms in total. The highest BCUT2D eigenvalue weighted by molar-refractivity contribution is 5.94. The zero-order valence-corrected chi connectivity index (χ0v) is 9.97. The number of amides is 1. The maximum Gasteiger partial charge on any atom is 0.271 e. The molecule has 0 bridgehead atoms. The van der Waals surface area contributed by atoms with Crippen LogP contribution in [0.1, 0.15) is 37.2 Å². The molecule has 1 aromatic heterocycles. The van der Waals surface area contributed by atoms with E-state index in [1.54, 1.807) is 6.07 Å². The number of carbonyl (C=O) groups excluding carboxylic acids is 1. The van der Waals surface area contributed by atoms with Crippen molar-refractivity contribution in [1.29, 1.82) is 0 Å². The van der Waals surface area contributed by atoms with Crippen LogP contribution in [0.5, 0.6) is 11.5 Å². The van der Waals surface area contributed by atoms with Crippen molar-refractivity contribution in [3.05, 3.63) is 18.0 Å². The van der Waals surface area contributed by atoms with Gasteiger partial charge in [-0.15, -0.1) is 0 Å². The molecule has 0 unspecified atom stereocenters. The minimum absolute atomic E-state index is 0.0705. The molecule has 0 atom stereocenters. The molecule has 5 heteroatoms. The predicted molar refractivity (Wildman–Crippen MR) is 62.2 cm³/mol. The number of primary amides is 1. The lowest BCUT2D eigenvalue weighted by atomic mass is 10.3. The van der Waals surface area contributed by atoms with Crippen LogP contribution in [0.25, 0.3) is 0 Å². The van der Waals surface area contributed by atoms with Gasteiger partial charge in [-0.2, -0.15) is 0 Å². The Bertz CT molecular complexity index is 428. The van der Waals surface area contributed by atoms with Crippen molar-refractivity contribution in [3.63, 3.8) is 0 Å². The first-order valence-corrected chi connectivity index (χ1v) is 5.70. The van der Waals surface area contributed by atoms with Crippen molar-refractivity contribution < 1.29 is 14.3 Å². The summed E-state index contributed by atoms with van der Waals surface area (Å²) in [7, 11) is 0. The zero-order valence-electron chi connectivity index (χ0n) is 9.97. The Hall–Kier alpha value is -1.78. The summed E-state index contributed by atoms with van der Waals surface area (Å²) in [6.45, 7) is 3.75. The zero-order chi connectivity index (χ0) is 12.4. The van der Waals surface area contributed by atoms with Gasteiger partial charge in [0.05, 0.1) is 12.2 Å². The lowest BCUT2D eigenvalue weighted by molar-refractivity contribution is 0.0987. The molecule has 0 radical (unpaired) electrons. The van der Waals surface area contributed by atoms with Crippen LogP contribution < -0.4 is 15.2 Å². The second-order valence-corrected chi connectivity index (χ2v) is 4.33. The highest BCUT2D eigenvalue weighted by atomic mass is 16.5. The molecule has 1 aliphatic rings. The Morgan fingerprint density at radius 2 is 2.24 bits per heavy atom. The smallest absolute Gasteiger partial charge is 0.271 e. The molecule has 92 valence electrons. The van der Waals surface area contributed by atoms with Gasteiger partial charge in [-0.1, -0.05) is 0 Å². The van der Waals surface area contributed by atoms with E-state index in [0.29, 0.717) is 11.5 Å². The predicted octanol–water partition coefficient (Wildman–Crippen LogP) is 1.51. The Balaban J connectivity index is 2.34. The van der Waals surface area contributed by atoms with E-state index in [2.05, 4.69) is 4.98 Å². The number of nitrogens with zero attached hydrogens (tertiary/aromatic N) is 1. The molecule has 1 saturated carbocycles. The number of carbonyl (C=O) groups is 1. The van der Waals surface area contributed by atoms with Crippen LogP contribution >= 0.6 is 0 Å². The van der Waals surface area contributed by atoms with E-state index in [1.807, 2.05) is 13.8 Å². The normalized spacial score (nSPS) is 14.8. The number of aromatic nitrogens is 1. The summed E-state index contributed by atoms with van der Waals surface area (Å²) >= 11 is 0. The van der Waals surface area contributed by atoms with Crippen molar-refractivity contribution in [3.8, 4) is 11.5 Å². The fourth-order valence-electron chi connectivity index (χ4n) is 1.41. The minimum atomic E-state index is -0.609. The van der Waals surface area contributed by atoms with E-state index in [1.165, 1.54) is 6.20 Å². The lowest BCUT2D eigenvalue weighted by Gasteiger charge is -2.16. The number of hydrogen-bond acceptors (Lipinski definition) is 4. The Morgan fingerprint density at radius 1 is 1.53 bits per heavy atom. The van der Waals surface area contributed by atoms with E-state index in [9.17, 15) is 4.79 Å². The fourth-order valence-corrected chi connectivity index (χ4v) is 1.41. The summed E-state index contributed by atoms with van der Waals surface area (Å²) in [5.41, 5.74) is 5.39. The second kappa shape index (κ2) is 4.61. The summed E-state index contributed by atoms with van der Waals surface area (Å²) < 4.78 is 11.3. The Morgan fingerprint density at radius 3 is 2.76 bits per heavy atom. The van der Waals surface area contributed by atoms with Gasteiger partial charge in [0.25, 0.3) is 5.91 Å². The van der Waals surface area contributed by atoms with Gasteiger partial charge in [0.2, 0.25) is 0 Å². The minimum Gasteiger partial charge on any atom is -0.486 e. The van der Waals surface area contributed by atoms with Gasteiger partial charge in [-0.05, 0) is 26.7 Å². The first kappa shape index (κ1) is 11.7. The van der Waals surface area contributed by atoms with E-state index in [-0.39, 0.29) is 17.9 Å². The van der Waals surface area contributed by atoms with E-state index >= 15 is 0 Å². The van der Waals surface area contributed by atoms with Gasteiger partial charge < -0.3 is 15.2 Å². The van der Waals surface area contributed by atoms with E-state index < -0.39 is 5.91 Å². The third-order valence-electron chi connectivity index (χ3n) is 2.27.